The highest BCUT2D eigenvalue weighted by molar-refractivity contribution is 6.30. The summed E-state index contributed by atoms with van der Waals surface area (Å²) in [5.41, 5.74) is 3.95. The van der Waals surface area contributed by atoms with Gasteiger partial charge in [-0.25, -0.2) is 0 Å². The van der Waals surface area contributed by atoms with Crippen molar-refractivity contribution < 1.29 is 4.79 Å². The maximum absolute atomic E-state index is 12.4. The van der Waals surface area contributed by atoms with E-state index in [0.717, 1.165) is 24.2 Å². The number of rotatable bonds is 1. The number of nitrogens with zero attached hydrogens (tertiary/aromatic N) is 2. The molecule has 0 radical (unpaired) electrons. The van der Waals surface area contributed by atoms with Crippen LogP contribution in [0.5, 0.6) is 0 Å². The van der Waals surface area contributed by atoms with Gasteiger partial charge in [-0.05, 0) is 23.3 Å². The van der Waals surface area contributed by atoms with Crippen molar-refractivity contribution in [2.75, 3.05) is 13.1 Å². The number of benzene rings is 2. The van der Waals surface area contributed by atoms with Crippen molar-refractivity contribution in [2.24, 2.45) is 0 Å². The molecular formula is C20H19ClN2O. The summed E-state index contributed by atoms with van der Waals surface area (Å²) >= 11 is 6.09. The maximum atomic E-state index is 12.4. The molecule has 24 heavy (non-hydrogen) atoms. The van der Waals surface area contributed by atoms with Gasteiger partial charge < -0.3 is 9.80 Å². The van der Waals surface area contributed by atoms with Crippen LogP contribution >= 0.6 is 11.6 Å². The fourth-order valence-corrected chi connectivity index (χ4v) is 4.31. The number of halogens is 1. The van der Waals surface area contributed by atoms with E-state index in [1.165, 1.54) is 11.1 Å². The lowest BCUT2D eigenvalue weighted by atomic mass is 9.83. The molecule has 0 aliphatic carbocycles. The van der Waals surface area contributed by atoms with E-state index in [0.29, 0.717) is 11.6 Å². The van der Waals surface area contributed by atoms with Crippen molar-refractivity contribution in [3.8, 4) is 0 Å². The van der Waals surface area contributed by atoms with Crippen LogP contribution in [0, 0.1) is 0 Å². The third-order valence-electron chi connectivity index (χ3n) is 5.22. The molecule has 2 aromatic carbocycles. The van der Waals surface area contributed by atoms with Gasteiger partial charge in [0, 0.05) is 42.7 Å². The third-order valence-corrected chi connectivity index (χ3v) is 5.47. The molecule has 3 nitrogen and oxygen atoms in total. The molecule has 0 saturated carbocycles. The van der Waals surface area contributed by atoms with Gasteiger partial charge in [0.1, 0.15) is 5.66 Å². The molecule has 2 aliphatic rings. The van der Waals surface area contributed by atoms with Gasteiger partial charge in [-0.1, -0.05) is 54.6 Å². The second-order valence-corrected chi connectivity index (χ2v) is 6.86. The minimum Gasteiger partial charge on any atom is -0.343 e. The van der Waals surface area contributed by atoms with E-state index in [9.17, 15) is 4.79 Å². The van der Waals surface area contributed by atoms with Crippen molar-refractivity contribution in [3.63, 3.8) is 0 Å². The predicted octanol–water partition coefficient (Wildman–Crippen LogP) is 3.88. The van der Waals surface area contributed by atoms with Gasteiger partial charge >= 0.3 is 0 Å². The van der Waals surface area contributed by atoms with Crippen molar-refractivity contribution in [3.05, 3.63) is 76.8 Å². The minimum atomic E-state index is -0.512. The summed E-state index contributed by atoms with van der Waals surface area (Å²) in [5.74, 6) is 0.0830. The zero-order valence-corrected chi connectivity index (χ0v) is 14.4. The molecule has 1 atom stereocenters. The lowest BCUT2D eigenvalue weighted by Gasteiger charge is -2.49. The Balaban J connectivity index is 1.95. The molecule has 4 heteroatoms. The zero-order valence-electron chi connectivity index (χ0n) is 13.6. The van der Waals surface area contributed by atoms with E-state index >= 15 is 0 Å². The lowest BCUT2D eigenvalue weighted by molar-refractivity contribution is -0.136. The number of fused-ring (bicyclic) bond motifs is 2. The first-order valence-corrected chi connectivity index (χ1v) is 8.51. The summed E-state index contributed by atoms with van der Waals surface area (Å²) in [7, 11) is 0. The molecular weight excluding hydrogens is 320 g/mol. The summed E-state index contributed by atoms with van der Waals surface area (Å²) in [6.07, 6.45) is 0.753. The third kappa shape index (κ3) is 2.01. The van der Waals surface area contributed by atoms with Crippen LogP contribution in [0.15, 0.2) is 55.1 Å². The Hall–Kier alpha value is -2.26. The first-order valence-electron chi connectivity index (χ1n) is 8.13. The Morgan fingerprint density at radius 2 is 1.83 bits per heavy atom. The van der Waals surface area contributed by atoms with Crippen molar-refractivity contribution >= 4 is 23.2 Å². The maximum Gasteiger partial charge on any atom is 0.221 e. The molecule has 0 aromatic heterocycles. The van der Waals surface area contributed by atoms with Gasteiger partial charge in [-0.2, -0.15) is 0 Å². The highest BCUT2D eigenvalue weighted by atomic mass is 35.5. The molecule has 1 unspecified atom stereocenters. The van der Waals surface area contributed by atoms with Gasteiger partial charge in [0.05, 0.1) is 0 Å². The highest BCUT2D eigenvalue weighted by Gasteiger charge is 2.52. The lowest BCUT2D eigenvalue weighted by Crippen LogP contribution is -2.55. The van der Waals surface area contributed by atoms with Gasteiger partial charge in [-0.15, -0.1) is 0 Å². The second-order valence-electron chi connectivity index (χ2n) is 6.43. The first-order chi connectivity index (χ1) is 11.5. The molecule has 2 heterocycles. The molecule has 2 aliphatic heterocycles. The Morgan fingerprint density at radius 3 is 2.54 bits per heavy atom. The van der Waals surface area contributed by atoms with Crippen LogP contribution in [0.2, 0.25) is 5.02 Å². The normalized spacial score (nSPS) is 22.3. The van der Waals surface area contributed by atoms with Gasteiger partial charge in [0.25, 0.3) is 0 Å². The average Bonchev–Trinajstić information content (AvgIpc) is 2.96. The molecule has 1 amide bonds. The molecule has 1 saturated heterocycles. The summed E-state index contributed by atoms with van der Waals surface area (Å²) in [6, 6.07) is 16.2. The van der Waals surface area contributed by atoms with Gasteiger partial charge in [0.2, 0.25) is 5.91 Å². The van der Waals surface area contributed by atoms with E-state index in [-0.39, 0.29) is 5.91 Å². The topological polar surface area (TPSA) is 23.6 Å². The number of carbonyl (C=O) groups is 1. The second kappa shape index (κ2) is 5.38. The van der Waals surface area contributed by atoms with Crippen LogP contribution in [0.4, 0.5) is 0 Å². The average molecular weight is 339 g/mol. The van der Waals surface area contributed by atoms with Crippen molar-refractivity contribution in [2.45, 2.75) is 19.0 Å². The fourth-order valence-electron chi connectivity index (χ4n) is 4.18. The van der Waals surface area contributed by atoms with E-state index in [1.54, 1.807) is 6.92 Å². The Morgan fingerprint density at radius 1 is 1.12 bits per heavy atom. The number of hydrogen-bond acceptors (Lipinski definition) is 2. The summed E-state index contributed by atoms with van der Waals surface area (Å²) in [6.45, 7) is 7.47. The molecule has 122 valence electrons. The van der Waals surface area contributed by atoms with Crippen molar-refractivity contribution in [1.82, 2.24) is 9.80 Å². The molecule has 0 N–H and O–H groups in total. The molecule has 2 aromatic rings. The standard InChI is InChI=1S/C20H19ClN2O/c1-14-19-6-4-3-5-16(19)13-20(17-7-9-18(21)10-8-17)22(14)11-12-23(20)15(2)24/h3-10H,1,11-13H2,2H3. The Kier molecular flexibility index (Phi) is 3.43. The molecule has 4 rings (SSSR count). The van der Waals surface area contributed by atoms with Gasteiger partial charge in [-0.3, -0.25) is 4.79 Å². The van der Waals surface area contributed by atoms with E-state index < -0.39 is 5.66 Å². The number of hydrogen-bond donors (Lipinski definition) is 0. The molecule has 0 spiro atoms. The zero-order chi connectivity index (χ0) is 16.9. The quantitative estimate of drug-likeness (QED) is 0.787. The van der Waals surface area contributed by atoms with Gasteiger partial charge in [0.15, 0.2) is 0 Å². The largest absolute Gasteiger partial charge is 0.343 e. The van der Waals surface area contributed by atoms with Crippen LogP contribution in [-0.2, 0) is 16.9 Å². The fraction of sp³-hybridized carbons (Fsp3) is 0.250. The highest BCUT2D eigenvalue weighted by Crippen LogP contribution is 2.48. The number of carbonyl (C=O) groups excluding carboxylic acids is 1. The summed E-state index contributed by atoms with van der Waals surface area (Å²) in [4.78, 5) is 16.7. The smallest absolute Gasteiger partial charge is 0.221 e. The number of amides is 1. The van der Waals surface area contributed by atoms with Crippen LogP contribution < -0.4 is 0 Å². The SMILES string of the molecule is C=C1c2ccccc2CC2(c3ccc(Cl)cc3)N1CCN2C(C)=O. The first kappa shape index (κ1) is 15.3. The summed E-state index contributed by atoms with van der Waals surface area (Å²) < 4.78 is 0. The summed E-state index contributed by atoms with van der Waals surface area (Å²) in [5, 5.41) is 0.698. The predicted molar refractivity (Wildman–Crippen MR) is 96.4 cm³/mol. The van der Waals surface area contributed by atoms with Crippen LogP contribution in [-0.4, -0.2) is 28.8 Å². The Labute approximate surface area is 147 Å². The Bertz CT molecular complexity index is 830. The van der Waals surface area contributed by atoms with Crippen molar-refractivity contribution in [1.29, 1.82) is 0 Å². The van der Waals surface area contributed by atoms with Crippen LogP contribution in [0.25, 0.3) is 5.70 Å². The van der Waals surface area contributed by atoms with Crippen LogP contribution in [0.3, 0.4) is 0 Å². The van der Waals surface area contributed by atoms with E-state index in [4.69, 9.17) is 11.6 Å². The van der Waals surface area contributed by atoms with E-state index in [2.05, 4.69) is 23.6 Å². The molecule has 1 fully saturated rings. The van der Waals surface area contributed by atoms with E-state index in [1.807, 2.05) is 41.3 Å². The minimum absolute atomic E-state index is 0.0830. The monoisotopic (exact) mass is 338 g/mol. The van der Waals surface area contributed by atoms with Crippen LogP contribution in [0.1, 0.15) is 23.6 Å². The molecule has 0 bridgehead atoms.